The third kappa shape index (κ3) is 4.60. The first-order valence-corrected chi connectivity index (χ1v) is 5.45. The molecule has 1 heterocycles. The summed E-state index contributed by atoms with van der Waals surface area (Å²) in [5, 5.41) is 3.59. The quantitative estimate of drug-likeness (QED) is 0.623. The van der Waals surface area contributed by atoms with Crippen LogP contribution < -0.4 is 11.1 Å². The molecule has 0 radical (unpaired) electrons. The first-order chi connectivity index (χ1) is 6.33. The predicted octanol–water partition coefficient (Wildman–Crippen LogP) is 0.409. The Bertz CT molecular complexity index is 127. The van der Waals surface area contributed by atoms with Gasteiger partial charge in [0.25, 0.3) is 0 Å². The van der Waals surface area contributed by atoms with Gasteiger partial charge in [0.1, 0.15) is 0 Å². The molecular formula is C10H23N3. The molecule has 78 valence electrons. The minimum atomic E-state index is 0.733. The van der Waals surface area contributed by atoms with E-state index in [1.807, 2.05) is 0 Å². The maximum atomic E-state index is 5.47. The second-order valence-electron chi connectivity index (χ2n) is 4.03. The molecule has 0 aromatic rings. The zero-order valence-electron chi connectivity index (χ0n) is 8.76. The van der Waals surface area contributed by atoms with Gasteiger partial charge in [0, 0.05) is 19.1 Å². The minimum absolute atomic E-state index is 0.733. The monoisotopic (exact) mass is 185 g/mol. The van der Waals surface area contributed by atoms with Crippen LogP contribution >= 0.6 is 0 Å². The zero-order valence-corrected chi connectivity index (χ0v) is 8.76. The molecule has 0 saturated carbocycles. The van der Waals surface area contributed by atoms with Gasteiger partial charge in [-0.3, -0.25) is 0 Å². The summed E-state index contributed by atoms with van der Waals surface area (Å²) in [5.41, 5.74) is 5.47. The summed E-state index contributed by atoms with van der Waals surface area (Å²) in [6, 6.07) is 0.733. The van der Waals surface area contributed by atoms with Gasteiger partial charge in [-0.05, 0) is 39.4 Å². The largest absolute Gasteiger partial charge is 0.330 e. The van der Waals surface area contributed by atoms with Gasteiger partial charge in [-0.15, -0.1) is 0 Å². The summed E-state index contributed by atoms with van der Waals surface area (Å²) in [5.74, 6) is 0. The van der Waals surface area contributed by atoms with Crippen molar-refractivity contribution < 1.29 is 0 Å². The molecular weight excluding hydrogens is 162 g/mol. The lowest BCUT2D eigenvalue weighted by atomic mass is 10.1. The van der Waals surface area contributed by atoms with Crippen LogP contribution in [0.3, 0.4) is 0 Å². The summed E-state index contributed by atoms with van der Waals surface area (Å²) in [6.45, 7) is 4.41. The fraction of sp³-hybridized carbons (Fsp3) is 1.00. The molecule has 0 aromatic carbocycles. The average Bonchev–Trinajstić information content (AvgIpc) is 2.32. The molecule has 0 bridgehead atoms. The van der Waals surface area contributed by atoms with E-state index < -0.39 is 0 Å². The number of likely N-dealkylation sites (N-methyl/N-ethyl adjacent to an activating group) is 1. The van der Waals surface area contributed by atoms with Crippen LogP contribution in [-0.4, -0.2) is 44.2 Å². The van der Waals surface area contributed by atoms with Crippen LogP contribution in [0.5, 0.6) is 0 Å². The molecule has 1 atom stereocenters. The van der Waals surface area contributed by atoms with Crippen molar-refractivity contribution in [3.05, 3.63) is 0 Å². The van der Waals surface area contributed by atoms with E-state index >= 15 is 0 Å². The van der Waals surface area contributed by atoms with Crippen LogP contribution in [0.2, 0.25) is 0 Å². The topological polar surface area (TPSA) is 41.3 Å². The van der Waals surface area contributed by atoms with Crippen LogP contribution in [0.25, 0.3) is 0 Å². The molecule has 13 heavy (non-hydrogen) atoms. The van der Waals surface area contributed by atoms with E-state index in [9.17, 15) is 0 Å². The fourth-order valence-corrected chi connectivity index (χ4v) is 1.83. The molecule has 3 heteroatoms. The molecule has 0 amide bonds. The third-order valence-electron chi connectivity index (χ3n) is 2.79. The lowest BCUT2D eigenvalue weighted by Gasteiger charge is -2.14. The molecule has 1 saturated heterocycles. The van der Waals surface area contributed by atoms with Crippen LogP contribution in [0.4, 0.5) is 0 Å². The summed E-state index contributed by atoms with van der Waals surface area (Å²) in [6.07, 6.45) is 5.04. The maximum Gasteiger partial charge on any atom is 0.0104 e. The van der Waals surface area contributed by atoms with Crippen molar-refractivity contribution in [2.24, 2.45) is 5.73 Å². The Labute approximate surface area is 81.7 Å². The van der Waals surface area contributed by atoms with E-state index in [1.165, 1.54) is 38.8 Å². The molecule has 0 aromatic heterocycles. The van der Waals surface area contributed by atoms with Gasteiger partial charge in [0.15, 0.2) is 0 Å². The molecule has 1 aliphatic heterocycles. The predicted molar refractivity (Wildman–Crippen MR) is 56.8 cm³/mol. The van der Waals surface area contributed by atoms with Gasteiger partial charge >= 0.3 is 0 Å². The van der Waals surface area contributed by atoms with Crippen molar-refractivity contribution in [3.8, 4) is 0 Å². The highest BCUT2D eigenvalue weighted by Crippen LogP contribution is 2.07. The summed E-state index contributed by atoms with van der Waals surface area (Å²) in [7, 11) is 2.20. The molecule has 3 N–H and O–H groups in total. The number of nitrogens with zero attached hydrogens (tertiary/aromatic N) is 1. The van der Waals surface area contributed by atoms with Crippen molar-refractivity contribution in [1.29, 1.82) is 0 Å². The van der Waals surface area contributed by atoms with E-state index in [4.69, 9.17) is 5.73 Å². The Kier molecular flexibility index (Phi) is 5.35. The molecule has 0 spiro atoms. The zero-order chi connectivity index (χ0) is 9.52. The number of nitrogens with two attached hydrogens (primary N) is 1. The SMILES string of the molecule is CN1CCNC(CCCCN)CC1. The highest BCUT2D eigenvalue weighted by molar-refractivity contribution is 4.73. The molecule has 1 fully saturated rings. The third-order valence-corrected chi connectivity index (χ3v) is 2.79. The fourth-order valence-electron chi connectivity index (χ4n) is 1.83. The van der Waals surface area contributed by atoms with Gasteiger partial charge in [-0.2, -0.15) is 0 Å². The summed E-state index contributed by atoms with van der Waals surface area (Å²) < 4.78 is 0. The standard InChI is InChI=1S/C10H23N3/c1-13-8-5-10(12-7-9-13)4-2-3-6-11/h10,12H,2-9,11H2,1H3. The van der Waals surface area contributed by atoms with Crippen LogP contribution in [0.15, 0.2) is 0 Å². The van der Waals surface area contributed by atoms with Gasteiger partial charge in [0.2, 0.25) is 0 Å². The van der Waals surface area contributed by atoms with E-state index in [0.717, 1.165) is 19.1 Å². The van der Waals surface area contributed by atoms with E-state index in [1.54, 1.807) is 0 Å². The molecule has 0 aliphatic carbocycles. The van der Waals surface area contributed by atoms with Gasteiger partial charge in [-0.25, -0.2) is 0 Å². The van der Waals surface area contributed by atoms with Crippen molar-refractivity contribution in [2.45, 2.75) is 31.7 Å². The lowest BCUT2D eigenvalue weighted by molar-refractivity contribution is 0.353. The van der Waals surface area contributed by atoms with Gasteiger partial charge in [0.05, 0.1) is 0 Å². The highest BCUT2D eigenvalue weighted by Gasteiger charge is 2.12. The number of nitrogens with one attached hydrogen (secondary N) is 1. The molecule has 1 unspecified atom stereocenters. The van der Waals surface area contributed by atoms with E-state index in [-0.39, 0.29) is 0 Å². The van der Waals surface area contributed by atoms with Crippen molar-refractivity contribution >= 4 is 0 Å². The van der Waals surface area contributed by atoms with Crippen molar-refractivity contribution in [2.75, 3.05) is 33.2 Å². The first-order valence-electron chi connectivity index (χ1n) is 5.45. The average molecular weight is 185 g/mol. The summed E-state index contributed by atoms with van der Waals surface area (Å²) in [4.78, 5) is 2.40. The normalized spacial score (nSPS) is 25.8. The molecule has 3 nitrogen and oxygen atoms in total. The van der Waals surface area contributed by atoms with Crippen LogP contribution in [-0.2, 0) is 0 Å². The van der Waals surface area contributed by atoms with Gasteiger partial charge in [-0.1, -0.05) is 6.42 Å². The summed E-state index contributed by atoms with van der Waals surface area (Å²) >= 11 is 0. The van der Waals surface area contributed by atoms with Gasteiger partial charge < -0.3 is 16.0 Å². The Balaban J connectivity index is 2.11. The number of hydrogen-bond acceptors (Lipinski definition) is 3. The Morgan fingerprint density at radius 2 is 2.23 bits per heavy atom. The molecule has 1 aliphatic rings. The number of hydrogen-bond donors (Lipinski definition) is 2. The highest BCUT2D eigenvalue weighted by atomic mass is 15.1. The maximum absolute atomic E-state index is 5.47. The van der Waals surface area contributed by atoms with Crippen molar-refractivity contribution in [3.63, 3.8) is 0 Å². The Hall–Kier alpha value is -0.120. The Morgan fingerprint density at radius 1 is 1.38 bits per heavy atom. The number of rotatable bonds is 4. The van der Waals surface area contributed by atoms with Crippen LogP contribution in [0.1, 0.15) is 25.7 Å². The minimum Gasteiger partial charge on any atom is -0.330 e. The molecule has 1 rings (SSSR count). The number of unbranched alkanes of at least 4 members (excludes halogenated alkanes) is 1. The van der Waals surface area contributed by atoms with Crippen LogP contribution in [0, 0.1) is 0 Å². The second kappa shape index (κ2) is 6.35. The smallest absolute Gasteiger partial charge is 0.0104 e. The first kappa shape index (κ1) is 11.0. The second-order valence-corrected chi connectivity index (χ2v) is 4.03. The van der Waals surface area contributed by atoms with Crippen molar-refractivity contribution in [1.82, 2.24) is 10.2 Å². The lowest BCUT2D eigenvalue weighted by Crippen LogP contribution is -2.29. The van der Waals surface area contributed by atoms with E-state index in [0.29, 0.717) is 0 Å². The Morgan fingerprint density at radius 3 is 3.00 bits per heavy atom. The van der Waals surface area contributed by atoms with E-state index in [2.05, 4.69) is 17.3 Å².